The van der Waals surface area contributed by atoms with Crippen LogP contribution in [-0.4, -0.2) is 39.9 Å². The molecule has 3 N–H and O–H groups in total. The maximum absolute atomic E-state index is 12.9. The maximum Gasteiger partial charge on any atom is 0.257 e. The van der Waals surface area contributed by atoms with Crippen LogP contribution in [-0.2, 0) is 4.79 Å². The van der Waals surface area contributed by atoms with E-state index < -0.39 is 0 Å². The molecule has 8 nitrogen and oxygen atoms in total. The number of nitrogens with zero attached hydrogens (tertiary/aromatic N) is 3. The molecule has 0 aliphatic carbocycles. The van der Waals surface area contributed by atoms with Crippen molar-refractivity contribution >= 4 is 50.7 Å². The van der Waals surface area contributed by atoms with Crippen molar-refractivity contribution in [3.63, 3.8) is 0 Å². The molecule has 1 unspecified atom stereocenters. The Hall–Kier alpha value is -3.72. The van der Waals surface area contributed by atoms with E-state index in [1.807, 2.05) is 50.2 Å². The van der Waals surface area contributed by atoms with Crippen molar-refractivity contribution in [2.45, 2.75) is 19.9 Å². The summed E-state index contributed by atoms with van der Waals surface area (Å²) >= 11 is 1.42. The summed E-state index contributed by atoms with van der Waals surface area (Å²) in [4.78, 5) is 40.0. The predicted molar refractivity (Wildman–Crippen MR) is 123 cm³/mol. The average molecular weight is 433 g/mol. The molecule has 0 radical (unpaired) electrons. The van der Waals surface area contributed by atoms with Gasteiger partial charge in [-0.3, -0.25) is 14.9 Å². The van der Waals surface area contributed by atoms with Crippen LogP contribution in [0.4, 0.5) is 16.5 Å². The molecule has 31 heavy (non-hydrogen) atoms. The number of aromatic amines is 1. The number of fused-ring (bicyclic) bond motifs is 2. The van der Waals surface area contributed by atoms with Crippen molar-refractivity contribution in [3.05, 3.63) is 53.2 Å². The van der Waals surface area contributed by atoms with Crippen LogP contribution in [0.15, 0.2) is 42.7 Å². The van der Waals surface area contributed by atoms with Crippen molar-refractivity contribution in [1.82, 2.24) is 15.0 Å². The number of likely N-dealkylation sites (N-methyl/N-ethyl adjacent to an activating group) is 1. The van der Waals surface area contributed by atoms with Crippen LogP contribution in [0, 0.1) is 6.92 Å². The van der Waals surface area contributed by atoms with E-state index in [-0.39, 0.29) is 17.9 Å². The Morgan fingerprint density at radius 3 is 2.97 bits per heavy atom. The monoisotopic (exact) mass is 432 g/mol. The lowest BCUT2D eigenvalue weighted by molar-refractivity contribution is -0.117. The predicted octanol–water partition coefficient (Wildman–Crippen LogP) is 4.02. The summed E-state index contributed by atoms with van der Waals surface area (Å²) in [5.74, 6) is -0.375. The second kappa shape index (κ2) is 7.21. The highest BCUT2D eigenvalue weighted by Crippen LogP contribution is 2.35. The standard InChI is InChI=1S/C22H20N6O2S/c1-11-20(29)25-16-9-13(6-7-17(16)28(11)3)21(30)27-22-26-18(12(2)31-22)15-10-24-19-14(15)5-4-8-23-19/h4-11H,1-3H3,(H,23,24)(H,25,29)(H,26,27,30). The zero-order valence-corrected chi connectivity index (χ0v) is 18.0. The molecule has 4 heterocycles. The molecule has 1 aliphatic heterocycles. The summed E-state index contributed by atoms with van der Waals surface area (Å²) in [5.41, 5.74) is 4.52. The van der Waals surface area contributed by atoms with Gasteiger partial charge in [-0.1, -0.05) is 0 Å². The first kappa shape index (κ1) is 19.3. The minimum Gasteiger partial charge on any atom is -0.361 e. The van der Waals surface area contributed by atoms with Gasteiger partial charge in [0.1, 0.15) is 11.7 Å². The summed E-state index contributed by atoms with van der Waals surface area (Å²) in [6.45, 7) is 3.81. The number of thiazole rings is 1. The summed E-state index contributed by atoms with van der Waals surface area (Å²) in [6, 6.07) is 8.90. The summed E-state index contributed by atoms with van der Waals surface area (Å²) < 4.78 is 0. The van der Waals surface area contributed by atoms with Gasteiger partial charge < -0.3 is 15.2 Å². The minimum absolute atomic E-state index is 0.0963. The summed E-state index contributed by atoms with van der Waals surface area (Å²) in [6.07, 6.45) is 3.62. The molecule has 5 rings (SSSR count). The van der Waals surface area contributed by atoms with E-state index in [4.69, 9.17) is 0 Å². The lowest BCUT2D eigenvalue weighted by atomic mass is 10.1. The molecule has 1 atom stereocenters. The minimum atomic E-state index is -0.279. The van der Waals surface area contributed by atoms with Gasteiger partial charge in [0.2, 0.25) is 5.91 Å². The van der Waals surface area contributed by atoms with E-state index in [2.05, 4.69) is 25.6 Å². The Morgan fingerprint density at radius 2 is 2.13 bits per heavy atom. The highest BCUT2D eigenvalue weighted by Gasteiger charge is 2.27. The molecule has 3 aromatic heterocycles. The Labute approximate surface area is 182 Å². The largest absolute Gasteiger partial charge is 0.361 e. The van der Waals surface area contributed by atoms with Gasteiger partial charge in [0.25, 0.3) is 5.91 Å². The Bertz CT molecular complexity index is 1340. The van der Waals surface area contributed by atoms with Crippen molar-refractivity contribution in [1.29, 1.82) is 0 Å². The van der Waals surface area contributed by atoms with E-state index in [1.54, 1.807) is 18.3 Å². The van der Waals surface area contributed by atoms with Crippen molar-refractivity contribution in [2.24, 2.45) is 0 Å². The molecule has 0 bridgehead atoms. The summed E-state index contributed by atoms with van der Waals surface area (Å²) in [5, 5.41) is 7.25. The number of pyridine rings is 1. The van der Waals surface area contributed by atoms with Crippen molar-refractivity contribution in [2.75, 3.05) is 22.6 Å². The van der Waals surface area contributed by atoms with Crippen molar-refractivity contribution in [3.8, 4) is 11.3 Å². The van der Waals surface area contributed by atoms with Gasteiger partial charge in [0.05, 0.1) is 17.1 Å². The number of aromatic nitrogens is 3. The number of nitrogens with one attached hydrogen (secondary N) is 3. The third-order valence-electron chi connectivity index (χ3n) is 5.58. The number of amides is 2. The van der Waals surface area contributed by atoms with Gasteiger partial charge in [-0.15, -0.1) is 11.3 Å². The topological polar surface area (TPSA) is 103 Å². The lowest BCUT2D eigenvalue weighted by Crippen LogP contribution is -2.43. The maximum atomic E-state index is 12.9. The molecule has 9 heteroatoms. The van der Waals surface area contributed by atoms with E-state index in [0.29, 0.717) is 16.4 Å². The second-order valence-corrected chi connectivity index (χ2v) is 8.69. The molecule has 0 fully saturated rings. The molecule has 0 saturated heterocycles. The zero-order valence-electron chi connectivity index (χ0n) is 17.2. The van der Waals surface area contributed by atoms with E-state index in [0.717, 1.165) is 32.9 Å². The molecule has 2 amide bonds. The number of hydrogen-bond acceptors (Lipinski definition) is 6. The zero-order chi connectivity index (χ0) is 21.7. The van der Waals surface area contributed by atoms with Crippen LogP contribution in [0.5, 0.6) is 0 Å². The fourth-order valence-corrected chi connectivity index (χ4v) is 4.55. The molecule has 156 valence electrons. The molecule has 1 aromatic carbocycles. The van der Waals surface area contributed by atoms with E-state index in [1.165, 1.54) is 11.3 Å². The first-order valence-electron chi connectivity index (χ1n) is 9.81. The fourth-order valence-electron chi connectivity index (χ4n) is 3.73. The van der Waals surface area contributed by atoms with Crippen LogP contribution in [0.3, 0.4) is 0 Å². The normalized spacial score (nSPS) is 15.6. The first-order valence-corrected chi connectivity index (χ1v) is 10.6. The number of H-pyrrole nitrogens is 1. The van der Waals surface area contributed by atoms with E-state index >= 15 is 0 Å². The van der Waals surface area contributed by atoms with Gasteiger partial charge >= 0.3 is 0 Å². The Kier molecular flexibility index (Phi) is 4.48. The van der Waals surface area contributed by atoms with Gasteiger partial charge in [-0.2, -0.15) is 0 Å². The number of anilines is 3. The van der Waals surface area contributed by atoms with Crippen molar-refractivity contribution < 1.29 is 9.59 Å². The number of hydrogen-bond donors (Lipinski definition) is 3. The quantitative estimate of drug-likeness (QED) is 0.454. The third-order valence-corrected chi connectivity index (χ3v) is 6.47. The smallest absolute Gasteiger partial charge is 0.257 e. The SMILES string of the molecule is Cc1sc(NC(=O)c2ccc3c(c2)NC(=O)C(C)N3C)nc1-c1c[nH]c2ncccc12. The highest BCUT2D eigenvalue weighted by atomic mass is 32.1. The highest BCUT2D eigenvalue weighted by molar-refractivity contribution is 7.16. The molecule has 4 aromatic rings. The van der Waals surface area contributed by atoms with Crippen LogP contribution in [0.2, 0.25) is 0 Å². The third kappa shape index (κ3) is 3.23. The first-order chi connectivity index (χ1) is 14.9. The van der Waals surface area contributed by atoms with Crippen LogP contribution in [0.1, 0.15) is 22.2 Å². The molecule has 0 saturated carbocycles. The van der Waals surface area contributed by atoms with Crippen LogP contribution >= 0.6 is 11.3 Å². The number of benzene rings is 1. The second-order valence-electron chi connectivity index (χ2n) is 7.49. The molecule has 1 aliphatic rings. The molecular formula is C22H20N6O2S. The summed E-state index contributed by atoms with van der Waals surface area (Å²) in [7, 11) is 1.86. The number of aryl methyl sites for hydroxylation is 1. The lowest BCUT2D eigenvalue weighted by Gasteiger charge is -2.33. The van der Waals surface area contributed by atoms with Gasteiger partial charge in [-0.05, 0) is 44.2 Å². The van der Waals surface area contributed by atoms with Crippen LogP contribution < -0.4 is 15.5 Å². The fraction of sp³-hybridized carbons (Fsp3) is 0.182. The number of carbonyl (C=O) groups excluding carboxylic acids is 2. The van der Waals surface area contributed by atoms with E-state index in [9.17, 15) is 9.59 Å². The Balaban J connectivity index is 1.41. The number of carbonyl (C=O) groups is 2. The van der Waals surface area contributed by atoms with Gasteiger partial charge in [0.15, 0.2) is 5.13 Å². The molecular weight excluding hydrogens is 412 g/mol. The Morgan fingerprint density at radius 1 is 1.29 bits per heavy atom. The molecule has 0 spiro atoms. The van der Waals surface area contributed by atoms with Crippen LogP contribution in [0.25, 0.3) is 22.3 Å². The number of rotatable bonds is 3. The van der Waals surface area contributed by atoms with Gasteiger partial charge in [0, 0.05) is 40.8 Å². The average Bonchev–Trinajstić information content (AvgIpc) is 3.34. The van der Waals surface area contributed by atoms with Gasteiger partial charge in [-0.25, -0.2) is 9.97 Å².